The molecule has 0 aromatic heterocycles. The molecule has 2 aromatic carbocycles. The van der Waals surface area contributed by atoms with Crippen molar-refractivity contribution in [3.63, 3.8) is 0 Å². The van der Waals surface area contributed by atoms with Crippen molar-refractivity contribution in [1.29, 1.82) is 0 Å². The van der Waals surface area contributed by atoms with E-state index >= 15 is 0 Å². The molecule has 136 valence electrons. The Morgan fingerprint density at radius 1 is 1.12 bits per heavy atom. The third-order valence-electron chi connectivity index (χ3n) is 4.14. The highest BCUT2D eigenvalue weighted by Crippen LogP contribution is 2.37. The van der Waals surface area contributed by atoms with E-state index in [-0.39, 0.29) is 6.54 Å². The van der Waals surface area contributed by atoms with Crippen LogP contribution in [0.3, 0.4) is 0 Å². The predicted molar refractivity (Wildman–Crippen MR) is 105 cm³/mol. The Morgan fingerprint density at radius 3 is 2.27 bits per heavy atom. The van der Waals surface area contributed by atoms with Crippen molar-refractivity contribution >= 4 is 56.8 Å². The molecule has 3 rings (SSSR count). The van der Waals surface area contributed by atoms with Crippen LogP contribution in [0.25, 0.3) is 0 Å². The lowest BCUT2D eigenvalue weighted by Gasteiger charge is -2.45. The second kappa shape index (κ2) is 7.19. The van der Waals surface area contributed by atoms with Crippen LogP contribution in [0.15, 0.2) is 48.5 Å². The number of anilines is 1. The summed E-state index contributed by atoms with van der Waals surface area (Å²) in [5.74, 6) is -0.525. The fourth-order valence-corrected chi connectivity index (χ4v) is 3.71. The monoisotopic (exact) mass is 456 g/mol. The lowest BCUT2D eigenvalue weighted by Crippen LogP contribution is -2.67. The summed E-state index contributed by atoms with van der Waals surface area (Å²) in [5.41, 5.74) is 1.09. The third kappa shape index (κ3) is 3.47. The molecule has 8 heteroatoms. The molecule has 1 saturated heterocycles. The molecule has 3 amide bonds. The molecule has 5 nitrogen and oxygen atoms in total. The minimum atomic E-state index is -1.43. The SMILES string of the molecule is CC1(Br)C(=O)N(Cc2ccccc2)C(=O)N(c2cc(Cl)cc(Cl)c2)C1O. The summed E-state index contributed by atoms with van der Waals surface area (Å²) in [6.07, 6.45) is -1.43. The maximum Gasteiger partial charge on any atom is 0.333 e. The normalized spacial score (nSPS) is 23.5. The predicted octanol–water partition coefficient (Wildman–Crippen LogP) is 4.43. The van der Waals surface area contributed by atoms with Gasteiger partial charge in [-0.3, -0.25) is 14.6 Å². The summed E-state index contributed by atoms with van der Waals surface area (Å²) in [6.45, 7) is 1.60. The molecule has 0 aliphatic carbocycles. The Kier molecular flexibility index (Phi) is 5.30. The first-order chi connectivity index (χ1) is 12.2. The van der Waals surface area contributed by atoms with E-state index in [4.69, 9.17) is 23.2 Å². The molecule has 1 N–H and O–H groups in total. The largest absolute Gasteiger partial charge is 0.371 e. The number of benzene rings is 2. The van der Waals surface area contributed by atoms with Gasteiger partial charge in [-0.05, 0) is 30.7 Å². The summed E-state index contributed by atoms with van der Waals surface area (Å²) in [5, 5.41) is 11.3. The maximum absolute atomic E-state index is 13.0. The number of imide groups is 1. The molecule has 0 saturated carbocycles. The summed E-state index contributed by atoms with van der Waals surface area (Å²) >= 11 is 15.3. The average molecular weight is 458 g/mol. The van der Waals surface area contributed by atoms with Gasteiger partial charge < -0.3 is 5.11 Å². The standard InChI is InChI=1S/C18H15BrCl2N2O3/c1-18(19)15(24)22(10-11-5-3-2-4-6-11)17(26)23(16(18)25)14-8-12(20)7-13(21)9-14/h2-9,16,25H,10H2,1H3. The summed E-state index contributed by atoms with van der Waals surface area (Å²) in [4.78, 5) is 28.0. The van der Waals surface area contributed by atoms with Gasteiger partial charge in [0.05, 0.1) is 12.2 Å². The number of alkyl halides is 1. The number of urea groups is 1. The Labute approximate surface area is 169 Å². The molecule has 2 aromatic rings. The van der Waals surface area contributed by atoms with E-state index in [1.54, 1.807) is 0 Å². The zero-order valence-electron chi connectivity index (χ0n) is 13.7. The topological polar surface area (TPSA) is 60.9 Å². The first-order valence-corrected chi connectivity index (χ1v) is 9.29. The van der Waals surface area contributed by atoms with E-state index in [2.05, 4.69) is 15.9 Å². The van der Waals surface area contributed by atoms with Crippen LogP contribution in [0.2, 0.25) is 10.0 Å². The van der Waals surface area contributed by atoms with Crippen LogP contribution in [0.5, 0.6) is 0 Å². The molecule has 0 bridgehead atoms. The summed E-state index contributed by atoms with van der Waals surface area (Å²) in [6, 6.07) is 13.0. The molecule has 1 aliphatic heterocycles. The number of hydrogen-bond acceptors (Lipinski definition) is 3. The molecular formula is C18H15BrCl2N2O3. The number of halogens is 3. The molecule has 0 spiro atoms. The number of rotatable bonds is 3. The van der Waals surface area contributed by atoms with Crippen LogP contribution in [-0.2, 0) is 11.3 Å². The maximum atomic E-state index is 13.0. The highest BCUT2D eigenvalue weighted by atomic mass is 79.9. The number of carbonyl (C=O) groups is 2. The van der Waals surface area contributed by atoms with Gasteiger partial charge in [0.1, 0.15) is 4.32 Å². The molecule has 1 fully saturated rings. The first kappa shape index (κ1) is 19.2. The van der Waals surface area contributed by atoms with Gasteiger partial charge in [0.15, 0.2) is 6.23 Å². The van der Waals surface area contributed by atoms with Gasteiger partial charge in [0, 0.05) is 10.0 Å². The third-order valence-corrected chi connectivity index (χ3v) is 5.32. The van der Waals surface area contributed by atoms with Crippen LogP contribution in [0, 0.1) is 0 Å². The lowest BCUT2D eigenvalue weighted by atomic mass is 10.0. The van der Waals surface area contributed by atoms with E-state index in [1.165, 1.54) is 25.1 Å². The summed E-state index contributed by atoms with van der Waals surface area (Å²) in [7, 11) is 0. The fraction of sp³-hybridized carbons (Fsp3) is 0.222. The Morgan fingerprint density at radius 2 is 1.69 bits per heavy atom. The van der Waals surface area contributed by atoms with Crippen LogP contribution >= 0.6 is 39.1 Å². The van der Waals surface area contributed by atoms with Crippen molar-refractivity contribution in [2.75, 3.05) is 4.90 Å². The van der Waals surface area contributed by atoms with Crippen molar-refractivity contribution in [2.45, 2.75) is 24.0 Å². The lowest BCUT2D eigenvalue weighted by molar-refractivity contribution is -0.135. The zero-order valence-corrected chi connectivity index (χ0v) is 16.8. The average Bonchev–Trinajstić information content (AvgIpc) is 2.58. The van der Waals surface area contributed by atoms with Crippen LogP contribution < -0.4 is 4.90 Å². The number of aliphatic hydroxyl groups is 1. The number of nitrogens with zero attached hydrogens (tertiary/aromatic N) is 2. The highest BCUT2D eigenvalue weighted by Gasteiger charge is 2.53. The van der Waals surface area contributed by atoms with Crippen LogP contribution in [-0.4, -0.2) is 32.5 Å². The number of carbonyl (C=O) groups excluding carboxylic acids is 2. The van der Waals surface area contributed by atoms with E-state index in [9.17, 15) is 14.7 Å². The van der Waals surface area contributed by atoms with Gasteiger partial charge in [-0.2, -0.15) is 0 Å². The van der Waals surface area contributed by atoms with Gasteiger partial charge in [-0.25, -0.2) is 4.79 Å². The van der Waals surface area contributed by atoms with Crippen LogP contribution in [0.4, 0.5) is 10.5 Å². The van der Waals surface area contributed by atoms with E-state index in [0.29, 0.717) is 15.7 Å². The van der Waals surface area contributed by atoms with Crippen molar-refractivity contribution in [1.82, 2.24) is 4.90 Å². The highest BCUT2D eigenvalue weighted by molar-refractivity contribution is 9.10. The molecule has 1 heterocycles. The number of hydrogen-bond donors (Lipinski definition) is 1. The summed E-state index contributed by atoms with van der Waals surface area (Å²) < 4.78 is -1.38. The zero-order chi connectivity index (χ0) is 19.1. The Hall–Kier alpha value is -1.60. The van der Waals surface area contributed by atoms with Gasteiger partial charge in [0.25, 0.3) is 5.91 Å². The molecule has 26 heavy (non-hydrogen) atoms. The number of amides is 3. The quantitative estimate of drug-likeness (QED) is 0.693. The second-order valence-electron chi connectivity index (χ2n) is 6.11. The van der Waals surface area contributed by atoms with Crippen LogP contribution in [0.1, 0.15) is 12.5 Å². The van der Waals surface area contributed by atoms with Crippen molar-refractivity contribution in [2.24, 2.45) is 0 Å². The Balaban J connectivity index is 2.04. The van der Waals surface area contributed by atoms with Gasteiger partial charge >= 0.3 is 6.03 Å². The molecule has 2 atom stereocenters. The second-order valence-corrected chi connectivity index (χ2v) is 8.63. The molecular weight excluding hydrogens is 443 g/mol. The molecule has 1 aliphatic rings. The fourth-order valence-electron chi connectivity index (χ4n) is 2.77. The van der Waals surface area contributed by atoms with E-state index in [1.807, 2.05) is 30.3 Å². The van der Waals surface area contributed by atoms with E-state index in [0.717, 1.165) is 15.4 Å². The van der Waals surface area contributed by atoms with Crippen molar-refractivity contribution < 1.29 is 14.7 Å². The van der Waals surface area contributed by atoms with Gasteiger partial charge in [-0.1, -0.05) is 69.5 Å². The minimum absolute atomic E-state index is 0.0806. The minimum Gasteiger partial charge on any atom is -0.371 e. The van der Waals surface area contributed by atoms with Crippen molar-refractivity contribution in [3.05, 3.63) is 64.1 Å². The molecule has 2 unspecified atom stereocenters. The first-order valence-electron chi connectivity index (χ1n) is 7.74. The van der Waals surface area contributed by atoms with E-state index < -0.39 is 22.5 Å². The van der Waals surface area contributed by atoms with Gasteiger partial charge in [0.2, 0.25) is 0 Å². The molecule has 0 radical (unpaired) electrons. The van der Waals surface area contributed by atoms with Crippen molar-refractivity contribution in [3.8, 4) is 0 Å². The smallest absolute Gasteiger partial charge is 0.333 e. The van der Waals surface area contributed by atoms with Gasteiger partial charge in [-0.15, -0.1) is 0 Å². The number of aliphatic hydroxyl groups excluding tert-OH is 1. The Bertz CT molecular complexity index is 841.